The van der Waals surface area contributed by atoms with Crippen molar-refractivity contribution in [1.29, 1.82) is 0 Å². The van der Waals surface area contributed by atoms with Crippen LogP contribution in [-0.4, -0.2) is 17.0 Å². The van der Waals surface area contributed by atoms with Gasteiger partial charge in [-0.25, -0.2) is 13.2 Å². The number of rotatable bonds is 3. The summed E-state index contributed by atoms with van der Waals surface area (Å²) in [7, 11) is 0. The van der Waals surface area contributed by atoms with Crippen molar-refractivity contribution < 1.29 is 22.7 Å². The summed E-state index contributed by atoms with van der Waals surface area (Å²) in [6.45, 7) is 5.59. The summed E-state index contributed by atoms with van der Waals surface area (Å²) < 4.78 is 47.0. The van der Waals surface area contributed by atoms with Crippen LogP contribution >= 0.6 is 0 Å². The molecule has 2 aromatic carbocycles. The molecule has 0 bridgehead atoms. The molecule has 0 amide bonds. The Morgan fingerprint density at radius 3 is 2.20 bits per heavy atom. The highest BCUT2D eigenvalue weighted by molar-refractivity contribution is 6.25. The van der Waals surface area contributed by atoms with E-state index in [1.165, 1.54) is 0 Å². The normalized spacial score (nSPS) is 19.9. The molecule has 1 aliphatic heterocycles. The predicted molar refractivity (Wildman–Crippen MR) is 110 cm³/mol. The van der Waals surface area contributed by atoms with Crippen molar-refractivity contribution in [1.82, 2.24) is 0 Å². The second-order valence-electron chi connectivity index (χ2n) is 8.75. The second-order valence-corrected chi connectivity index (χ2v) is 8.75. The maximum absolute atomic E-state index is 13.7. The van der Waals surface area contributed by atoms with Crippen LogP contribution in [-0.2, 0) is 16.0 Å². The number of hydrogen-bond acceptors (Lipinski definition) is 2. The third-order valence-corrected chi connectivity index (χ3v) is 6.20. The molecule has 1 aliphatic carbocycles. The Labute approximate surface area is 174 Å². The van der Waals surface area contributed by atoms with E-state index >= 15 is 0 Å². The number of carbonyl (C=O) groups is 1. The molecule has 0 radical (unpaired) electrons. The molecule has 0 aromatic heterocycles. The first-order valence-corrected chi connectivity index (χ1v) is 10.4. The predicted octanol–water partition coefficient (Wildman–Crippen LogP) is 6.41. The quantitative estimate of drug-likeness (QED) is 0.543. The van der Waals surface area contributed by atoms with Crippen LogP contribution in [0.2, 0.25) is 0 Å². The van der Waals surface area contributed by atoms with Crippen molar-refractivity contribution in [2.45, 2.75) is 64.1 Å². The molecule has 1 spiro atoms. The molecular weight excluding hydrogens is 389 g/mol. The van der Waals surface area contributed by atoms with Crippen LogP contribution < -0.4 is 0 Å². The van der Waals surface area contributed by atoms with Gasteiger partial charge in [-0.1, -0.05) is 38.0 Å². The van der Waals surface area contributed by atoms with Crippen molar-refractivity contribution in [3.8, 4) is 11.1 Å². The van der Waals surface area contributed by atoms with Gasteiger partial charge < -0.3 is 4.74 Å². The lowest BCUT2D eigenvalue weighted by Crippen LogP contribution is -2.48. The van der Waals surface area contributed by atoms with Gasteiger partial charge in [-0.05, 0) is 73.6 Å². The first-order chi connectivity index (χ1) is 14.2. The average Bonchev–Trinajstić information content (AvgIpc) is 3.15. The van der Waals surface area contributed by atoms with E-state index in [4.69, 9.17) is 4.74 Å². The Hall–Kier alpha value is -2.40. The van der Waals surface area contributed by atoms with Gasteiger partial charge in [0.05, 0.1) is 5.60 Å². The van der Waals surface area contributed by atoms with Crippen LogP contribution in [0.3, 0.4) is 0 Å². The third-order valence-electron chi connectivity index (χ3n) is 6.20. The van der Waals surface area contributed by atoms with Gasteiger partial charge in [0.1, 0.15) is 5.60 Å². The van der Waals surface area contributed by atoms with E-state index < -0.39 is 28.7 Å². The van der Waals surface area contributed by atoms with Gasteiger partial charge in [-0.2, -0.15) is 0 Å². The van der Waals surface area contributed by atoms with Crippen molar-refractivity contribution in [3.05, 3.63) is 65.0 Å². The lowest BCUT2D eigenvalue weighted by atomic mass is 9.80. The number of halogens is 3. The van der Waals surface area contributed by atoms with Crippen molar-refractivity contribution in [3.63, 3.8) is 0 Å². The number of hydrogen-bond donors (Lipinski definition) is 0. The Morgan fingerprint density at radius 1 is 0.967 bits per heavy atom. The molecule has 0 N–H and O–H groups in total. The zero-order chi connectivity index (χ0) is 21.7. The summed E-state index contributed by atoms with van der Waals surface area (Å²) in [5.74, 6) is -3.99. The number of Topliss-reactive ketones (excluding diaryl/α,β-unsaturated/α-hetero) is 1. The minimum atomic E-state index is -1.48. The van der Waals surface area contributed by atoms with E-state index in [-0.39, 0.29) is 11.3 Å². The first-order valence-electron chi connectivity index (χ1n) is 10.4. The van der Waals surface area contributed by atoms with Gasteiger partial charge in [-0.15, -0.1) is 0 Å². The molecule has 0 saturated heterocycles. The summed E-state index contributed by atoms with van der Waals surface area (Å²) in [6.07, 6.45) is 6.53. The van der Waals surface area contributed by atoms with Crippen LogP contribution in [0.5, 0.6) is 0 Å². The highest BCUT2D eigenvalue weighted by Gasteiger charge is 2.47. The van der Waals surface area contributed by atoms with E-state index in [1.54, 1.807) is 6.07 Å². The van der Waals surface area contributed by atoms with Crippen molar-refractivity contribution in [2.24, 2.45) is 0 Å². The molecule has 30 heavy (non-hydrogen) atoms. The first kappa shape index (κ1) is 20.9. The molecule has 0 unspecified atom stereocenters. The number of carbonyl (C=O) groups excluding carboxylic acids is 1. The Bertz CT molecular complexity index is 1020. The molecule has 0 atom stereocenters. The summed E-state index contributed by atoms with van der Waals surface area (Å²) in [5, 5.41) is 0. The highest BCUT2D eigenvalue weighted by atomic mass is 19.2. The van der Waals surface area contributed by atoms with Crippen molar-refractivity contribution >= 4 is 11.4 Å². The molecule has 4 rings (SSSR count). The monoisotopic (exact) mass is 414 g/mol. The van der Waals surface area contributed by atoms with E-state index in [2.05, 4.69) is 0 Å². The number of ketones is 1. The molecule has 2 aliphatic rings. The van der Waals surface area contributed by atoms with E-state index in [0.717, 1.165) is 48.9 Å². The fraction of sp³-hybridized carbons (Fsp3) is 0.400. The second kappa shape index (κ2) is 7.38. The molecule has 1 heterocycles. The lowest BCUT2D eigenvalue weighted by Gasteiger charge is -2.41. The molecule has 5 heteroatoms. The molecule has 1 saturated carbocycles. The van der Waals surface area contributed by atoms with E-state index in [0.29, 0.717) is 17.6 Å². The van der Waals surface area contributed by atoms with Gasteiger partial charge in [0.2, 0.25) is 0 Å². The van der Waals surface area contributed by atoms with Crippen LogP contribution in [0.4, 0.5) is 13.2 Å². The number of benzene rings is 2. The van der Waals surface area contributed by atoms with Gasteiger partial charge in [0, 0.05) is 5.57 Å². The Kier molecular flexibility index (Phi) is 5.13. The summed E-state index contributed by atoms with van der Waals surface area (Å²) in [4.78, 5) is 13.2. The standard InChI is InChI=1S/C25H25F3O2/c1-4-15-11-16(17-12-20(26)22(28)21(27)13-17)7-8-18(15)19-14-25(9-5-6-10-25)30-24(2,3)23(19)29/h7-8,11-14H,4-6,9-10H2,1-3H3. The maximum atomic E-state index is 13.7. The maximum Gasteiger partial charge on any atom is 0.194 e. The van der Waals surface area contributed by atoms with E-state index in [9.17, 15) is 18.0 Å². The van der Waals surface area contributed by atoms with Crippen LogP contribution in [0, 0.1) is 17.5 Å². The SMILES string of the molecule is CCc1cc(-c2cc(F)c(F)c(F)c2)ccc1C1=CC2(CCCC2)OC(C)(C)C1=O. The topological polar surface area (TPSA) is 26.3 Å². The van der Waals surface area contributed by atoms with Gasteiger partial charge in [0.15, 0.2) is 23.2 Å². The van der Waals surface area contributed by atoms with E-state index in [1.807, 2.05) is 39.0 Å². The lowest BCUT2D eigenvalue weighted by molar-refractivity contribution is -0.154. The zero-order valence-electron chi connectivity index (χ0n) is 17.5. The van der Waals surface area contributed by atoms with Crippen molar-refractivity contribution in [2.75, 3.05) is 0 Å². The van der Waals surface area contributed by atoms with Gasteiger partial charge in [-0.3, -0.25) is 4.79 Å². The molecule has 1 fully saturated rings. The summed E-state index contributed by atoms with van der Waals surface area (Å²) >= 11 is 0. The summed E-state index contributed by atoms with van der Waals surface area (Å²) in [6, 6.07) is 7.34. The summed E-state index contributed by atoms with van der Waals surface area (Å²) in [5.41, 5.74) is 1.85. The van der Waals surface area contributed by atoms with Crippen LogP contribution in [0.1, 0.15) is 57.6 Å². The third kappa shape index (κ3) is 3.49. The molecular formula is C25H25F3O2. The smallest absolute Gasteiger partial charge is 0.194 e. The largest absolute Gasteiger partial charge is 0.357 e. The molecule has 158 valence electrons. The fourth-order valence-electron chi connectivity index (χ4n) is 4.71. The minimum Gasteiger partial charge on any atom is -0.357 e. The average molecular weight is 414 g/mol. The van der Waals surface area contributed by atoms with Crippen LogP contribution in [0.25, 0.3) is 16.7 Å². The zero-order valence-corrected chi connectivity index (χ0v) is 17.5. The minimum absolute atomic E-state index is 0.0682. The molecule has 2 nitrogen and oxygen atoms in total. The highest BCUT2D eigenvalue weighted by Crippen LogP contribution is 2.45. The fourth-order valence-corrected chi connectivity index (χ4v) is 4.71. The van der Waals surface area contributed by atoms with Gasteiger partial charge >= 0.3 is 0 Å². The van der Waals surface area contributed by atoms with Gasteiger partial charge in [0.25, 0.3) is 0 Å². The Morgan fingerprint density at radius 2 is 1.60 bits per heavy atom. The number of ether oxygens (including phenoxy) is 1. The molecule has 2 aromatic rings. The number of aryl methyl sites for hydroxylation is 1. The van der Waals surface area contributed by atoms with Crippen LogP contribution in [0.15, 0.2) is 36.4 Å². The Balaban J connectivity index is 1.82.